The Labute approximate surface area is 116 Å². The summed E-state index contributed by atoms with van der Waals surface area (Å²) in [5, 5.41) is 21.3. The lowest BCUT2D eigenvalue weighted by Gasteiger charge is -2.14. The number of carbonyl (C=O) groups is 2. The highest BCUT2D eigenvalue weighted by Gasteiger charge is 2.10. The number of amides is 2. The van der Waals surface area contributed by atoms with Crippen LogP contribution in [0.2, 0.25) is 0 Å². The second-order valence-electron chi connectivity index (χ2n) is 4.14. The number of rotatable bonds is 7. The molecule has 0 spiro atoms. The van der Waals surface area contributed by atoms with Gasteiger partial charge >= 0.3 is 12.0 Å². The predicted octanol–water partition coefficient (Wildman–Crippen LogP) is -0.0362. The van der Waals surface area contributed by atoms with Crippen LogP contribution in [0.15, 0.2) is 6.20 Å². The highest BCUT2D eigenvalue weighted by molar-refractivity contribution is 5.74. The first-order valence-corrected chi connectivity index (χ1v) is 6.13. The molecule has 0 aromatic carbocycles. The Morgan fingerprint density at radius 3 is 2.95 bits per heavy atom. The number of nitrogens with zero attached hydrogens (tertiary/aromatic N) is 3. The van der Waals surface area contributed by atoms with Crippen LogP contribution < -0.4 is 10.6 Å². The van der Waals surface area contributed by atoms with E-state index in [1.807, 2.05) is 6.92 Å². The van der Waals surface area contributed by atoms with E-state index in [0.29, 0.717) is 12.1 Å². The summed E-state index contributed by atoms with van der Waals surface area (Å²) in [5.74, 6) is 1.49. The van der Waals surface area contributed by atoms with Crippen LogP contribution in [0.1, 0.15) is 25.5 Å². The molecular weight excluding hydrogens is 262 g/mol. The van der Waals surface area contributed by atoms with Gasteiger partial charge < -0.3 is 15.7 Å². The van der Waals surface area contributed by atoms with Crippen LogP contribution in [0.5, 0.6) is 0 Å². The molecule has 1 atom stereocenters. The summed E-state index contributed by atoms with van der Waals surface area (Å²) in [6, 6.07) is -0.414. The largest absolute Gasteiger partial charge is 0.480 e. The third-order valence-electron chi connectivity index (χ3n) is 2.51. The molecule has 2 amide bonds. The highest BCUT2D eigenvalue weighted by Crippen LogP contribution is 1.96. The van der Waals surface area contributed by atoms with Crippen molar-refractivity contribution in [2.75, 3.05) is 0 Å². The summed E-state index contributed by atoms with van der Waals surface area (Å²) < 4.78 is 1.18. The Morgan fingerprint density at radius 1 is 1.60 bits per heavy atom. The van der Waals surface area contributed by atoms with Crippen LogP contribution in [0.3, 0.4) is 0 Å². The zero-order chi connectivity index (χ0) is 15.0. The molecule has 0 fully saturated rings. The fourth-order valence-electron chi connectivity index (χ4n) is 1.48. The van der Waals surface area contributed by atoms with Crippen LogP contribution in [0, 0.1) is 12.3 Å². The maximum Gasteiger partial charge on any atom is 0.325 e. The van der Waals surface area contributed by atoms with Crippen LogP contribution in [0.4, 0.5) is 4.79 Å². The molecule has 0 aliphatic carbocycles. The number of hydrogen-bond acceptors (Lipinski definition) is 4. The molecule has 1 aromatic heterocycles. The maximum absolute atomic E-state index is 11.6. The molecule has 8 heteroatoms. The van der Waals surface area contributed by atoms with Gasteiger partial charge in [0.1, 0.15) is 12.2 Å². The van der Waals surface area contributed by atoms with Gasteiger partial charge in [0, 0.05) is 12.5 Å². The lowest BCUT2D eigenvalue weighted by Crippen LogP contribution is -2.41. The molecule has 3 N–H and O–H groups in total. The number of aromatic nitrogens is 3. The van der Waals surface area contributed by atoms with Crippen molar-refractivity contribution in [3.05, 3.63) is 11.9 Å². The van der Waals surface area contributed by atoms with Crippen molar-refractivity contribution in [3.8, 4) is 12.3 Å². The maximum atomic E-state index is 11.6. The number of carbonyl (C=O) groups excluding carboxylic acids is 1. The van der Waals surface area contributed by atoms with Gasteiger partial charge in [0.25, 0.3) is 0 Å². The minimum atomic E-state index is -1.01. The Morgan fingerprint density at radius 2 is 2.35 bits per heavy atom. The number of nitrogens with one attached hydrogen (secondary N) is 2. The molecule has 108 valence electrons. The monoisotopic (exact) mass is 279 g/mol. The minimum absolute atomic E-state index is 0.0670. The van der Waals surface area contributed by atoms with Crippen molar-refractivity contribution in [2.24, 2.45) is 0 Å². The third-order valence-corrected chi connectivity index (χ3v) is 2.51. The number of carboxylic acids is 1. The Balaban J connectivity index is 2.39. The number of hydrogen-bond donors (Lipinski definition) is 3. The van der Waals surface area contributed by atoms with Gasteiger partial charge in [0.15, 0.2) is 0 Å². The van der Waals surface area contributed by atoms with E-state index in [-0.39, 0.29) is 25.2 Å². The number of terminal acetylenes is 1. The number of aliphatic carboxylic acids is 1. The smallest absolute Gasteiger partial charge is 0.325 e. The molecule has 1 heterocycles. The van der Waals surface area contributed by atoms with Gasteiger partial charge in [-0.3, -0.25) is 4.79 Å². The van der Waals surface area contributed by atoms with Crippen LogP contribution in [-0.4, -0.2) is 38.1 Å². The molecule has 8 nitrogen and oxygen atoms in total. The lowest BCUT2D eigenvalue weighted by atomic mass is 10.2. The molecule has 20 heavy (non-hydrogen) atoms. The molecule has 0 bridgehead atoms. The first-order valence-electron chi connectivity index (χ1n) is 6.13. The van der Waals surface area contributed by atoms with Gasteiger partial charge in [-0.05, 0) is 6.42 Å². The van der Waals surface area contributed by atoms with Crippen molar-refractivity contribution >= 4 is 12.0 Å². The summed E-state index contributed by atoms with van der Waals surface area (Å²) in [4.78, 5) is 22.1. The van der Waals surface area contributed by atoms with E-state index in [1.165, 1.54) is 10.9 Å². The molecule has 1 unspecified atom stereocenters. The quantitative estimate of drug-likeness (QED) is 0.607. The number of urea groups is 1. The van der Waals surface area contributed by atoms with Crippen molar-refractivity contribution in [1.82, 2.24) is 25.6 Å². The summed E-state index contributed by atoms with van der Waals surface area (Å²) >= 11 is 0. The van der Waals surface area contributed by atoms with Gasteiger partial charge in [0.05, 0.1) is 12.7 Å². The molecule has 0 saturated heterocycles. The van der Waals surface area contributed by atoms with Gasteiger partial charge in [0.2, 0.25) is 0 Å². The molecule has 0 saturated carbocycles. The van der Waals surface area contributed by atoms with Gasteiger partial charge in [-0.1, -0.05) is 12.1 Å². The van der Waals surface area contributed by atoms with Gasteiger partial charge in [-0.2, -0.15) is 0 Å². The van der Waals surface area contributed by atoms with E-state index < -0.39 is 5.97 Å². The second kappa shape index (κ2) is 7.78. The third kappa shape index (κ3) is 5.39. The van der Waals surface area contributed by atoms with Crippen molar-refractivity contribution in [2.45, 2.75) is 38.9 Å². The highest BCUT2D eigenvalue weighted by atomic mass is 16.4. The van der Waals surface area contributed by atoms with E-state index >= 15 is 0 Å². The molecule has 0 radical (unpaired) electrons. The average Bonchev–Trinajstić information content (AvgIpc) is 2.82. The Kier molecular flexibility index (Phi) is 6.03. The fraction of sp³-hybridized carbons (Fsp3) is 0.500. The Bertz CT molecular complexity index is 505. The standard InChI is InChI=1S/C12H17N5O3/c1-3-5-9(4-2)14-12(20)13-6-10-7-17(16-15-10)8-11(18)19/h1,7,9H,4-6,8H2,2H3,(H,18,19)(H2,13,14,20). The fourth-order valence-corrected chi connectivity index (χ4v) is 1.48. The van der Waals surface area contributed by atoms with Crippen LogP contribution in [-0.2, 0) is 17.9 Å². The van der Waals surface area contributed by atoms with E-state index in [2.05, 4.69) is 26.9 Å². The second-order valence-corrected chi connectivity index (χ2v) is 4.14. The lowest BCUT2D eigenvalue weighted by molar-refractivity contribution is -0.137. The number of carboxylic acid groups (broad SMARTS) is 1. The van der Waals surface area contributed by atoms with Crippen molar-refractivity contribution < 1.29 is 14.7 Å². The Hall–Kier alpha value is -2.56. The summed E-state index contributed by atoms with van der Waals surface area (Å²) in [6.07, 6.45) is 7.88. The van der Waals surface area contributed by atoms with Gasteiger partial charge in [-0.15, -0.1) is 17.4 Å². The van der Waals surface area contributed by atoms with Crippen molar-refractivity contribution in [1.29, 1.82) is 0 Å². The summed E-state index contributed by atoms with van der Waals surface area (Å²) in [5.41, 5.74) is 0.478. The van der Waals surface area contributed by atoms with Crippen molar-refractivity contribution in [3.63, 3.8) is 0 Å². The van der Waals surface area contributed by atoms with E-state index in [4.69, 9.17) is 11.5 Å². The predicted molar refractivity (Wildman–Crippen MR) is 70.6 cm³/mol. The van der Waals surface area contributed by atoms with E-state index in [9.17, 15) is 9.59 Å². The molecule has 1 aromatic rings. The normalized spacial score (nSPS) is 11.4. The molecule has 1 rings (SSSR count). The minimum Gasteiger partial charge on any atom is -0.480 e. The topological polar surface area (TPSA) is 109 Å². The molecular formula is C12H17N5O3. The zero-order valence-electron chi connectivity index (χ0n) is 11.2. The van der Waals surface area contributed by atoms with Gasteiger partial charge in [-0.25, -0.2) is 9.48 Å². The molecule has 0 aliphatic heterocycles. The first kappa shape index (κ1) is 15.5. The summed E-state index contributed by atoms with van der Waals surface area (Å²) in [6.45, 7) is 1.83. The SMILES string of the molecule is C#CCC(CC)NC(=O)NCc1cn(CC(=O)O)nn1. The van der Waals surface area contributed by atoms with E-state index in [0.717, 1.165) is 6.42 Å². The first-order chi connectivity index (χ1) is 9.55. The summed E-state index contributed by atoms with van der Waals surface area (Å²) in [7, 11) is 0. The molecule has 0 aliphatic rings. The van der Waals surface area contributed by atoms with E-state index in [1.54, 1.807) is 0 Å². The van der Waals surface area contributed by atoms with Crippen LogP contribution >= 0.6 is 0 Å². The van der Waals surface area contributed by atoms with Crippen LogP contribution in [0.25, 0.3) is 0 Å². The zero-order valence-corrected chi connectivity index (χ0v) is 11.2. The average molecular weight is 279 g/mol.